The Balaban J connectivity index is 1.95. The van der Waals surface area contributed by atoms with Gasteiger partial charge in [0.2, 0.25) is 5.95 Å². The van der Waals surface area contributed by atoms with E-state index in [9.17, 15) is 0 Å². The van der Waals surface area contributed by atoms with Crippen LogP contribution in [0.15, 0.2) is 12.4 Å². The van der Waals surface area contributed by atoms with E-state index in [1.807, 2.05) is 11.8 Å². The molecule has 0 amide bonds. The van der Waals surface area contributed by atoms with Crippen LogP contribution in [-0.4, -0.2) is 27.0 Å². The summed E-state index contributed by atoms with van der Waals surface area (Å²) >= 11 is 7.78. The van der Waals surface area contributed by atoms with Gasteiger partial charge in [-0.15, -0.1) is 0 Å². The van der Waals surface area contributed by atoms with Gasteiger partial charge in [-0.05, 0) is 18.6 Å². The van der Waals surface area contributed by atoms with Crippen LogP contribution in [0.5, 0.6) is 0 Å². The van der Waals surface area contributed by atoms with Crippen LogP contribution in [0.4, 0.5) is 5.95 Å². The average Bonchev–Trinajstić information content (AvgIpc) is 2.70. The van der Waals surface area contributed by atoms with Crippen molar-refractivity contribution in [2.75, 3.05) is 11.1 Å². The van der Waals surface area contributed by atoms with Gasteiger partial charge in [-0.2, -0.15) is 11.8 Å². The standard InChI is InChI=1S/C11H16ClN3S/c1-2-16-10-5-3-4-9(10)15-11-13-6-8(12)7-14-11/h6-7,9-10H,2-5H2,1H3,(H,13,14,15). The molecule has 1 aliphatic carbocycles. The maximum atomic E-state index is 5.75. The van der Waals surface area contributed by atoms with Gasteiger partial charge < -0.3 is 5.32 Å². The van der Waals surface area contributed by atoms with Crippen LogP contribution in [0.25, 0.3) is 0 Å². The molecule has 0 spiro atoms. The molecule has 1 fully saturated rings. The molecule has 1 saturated carbocycles. The zero-order chi connectivity index (χ0) is 11.4. The second-order valence-corrected chi connectivity index (χ2v) is 5.85. The molecule has 0 aromatic carbocycles. The van der Waals surface area contributed by atoms with Gasteiger partial charge in [0.1, 0.15) is 0 Å². The second kappa shape index (κ2) is 5.73. The number of nitrogens with zero attached hydrogens (tertiary/aromatic N) is 2. The summed E-state index contributed by atoms with van der Waals surface area (Å²) in [6.07, 6.45) is 7.07. The second-order valence-electron chi connectivity index (χ2n) is 3.90. The third kappa shape index (κ3) is 3.01. The fraction of sp³-hybridized carbons (Fsp3) is 0.636. The van der Waals surface area contributed by atoms with Crippen LogP contribution >= 0.6 is 23.4 Å². The van der Waals surface area contributed by atoms with Gasteiger partial charge in [0.25, 0.3) is 0 Å². The first kappa shape index (κ1) is 12.0. The summed E-state index contributed by atoms with van der Waals surface area (Å²) in [7, 11) is 0. The van der Waals surface area contributed by atoms with E-state index < -0.39 is 0 Å². The minimum Gasteiger partial charge on any atom is -0.350 e. The lowest BCUT2D eigenvalue weighted by Gasteiger charge is -2.19. The van der Waals surface area contributed by atoms with Crippen LogP contribution in [0, 0.1) is 0 Å². The van der Waals surface area contributed by atoms with Gasteiger partial charge in [-0.1, -0.05) is 24.9 Å². The Bertz CT molecular complexity index is 331. The lowest BCUT2D eigenvalue weighted by Crippen LogP contribution is -2.27. The van der Waals surface area contributed by atoms with Gasteiger partial charge >= 0.3 is 0 Å². The summed E-state index contributed by atoms with van der Waals surface area (Å²) in [5.74, 6) is 1.86. The zero-order valence-electron chi connectivity index (χ0n) is 9.32. The molecule has 0 radical (unpaired) electrons. The summed E-state index contributed by atoms with van der Waals surface area (Å²) in [5.41, 5.74) is 0. The highest BCUT2D eigenvalue weighted by Gasteiger charge is 2.27. The Morgan fingerprint density at radius 3 is 2.88 bits per heavy atom. The Kier molecular flexibility index (Phi) is 4.29. The summed E-state index contributed by atoms with van der Waals surface area (Å²) in [6, 6.07) is 0.506. The minimum absolute atomic E-state index is 0.506. The van der Waals surface area contributed by atoms with Crippen molar-refractivity contribution in [1.29, 1.82) is 0 Å². The smallest absolute Gasteiger partial charge is 0.222 e. The van der Waals surface area contributed by atoms with Gasteiger partial charge in [0, 0.05) is 11.3 Å². The molecule has 5 heteroatoms. The summed E-state index contributed by atoms with van der Waals surface area (Å²) in [4.78, 5) is 8.35. The SMILES string of the molecule is CCSC1CCCC1Nc1ncc(Cl)cn1. The van der Waals surface area contributed by atoms with Gasteiger partial charge in [-0.3, -0.25) is 0 Å². The van der Waals surface area contributed by atoms with Crippen LogP contribution in [0.1, 0.15) is 26.2 Å². The van der Waals surface area contributed by atoms with Crippen LogP contribution in [0.3, 0.4) is 0 Å². The highest BCUT2D eigenvalue weighted by molar-refractivity contribution is 7.99. The van der Waals surface area contributed by atoms with E-state index in [-0.39, 0.29) is 0 Å². The lowest BCUT2D eigenvalue weighted by atomic mass is 10.2. The van der Waals surface area contributed by atoms with Crippen molar-refractivity contribution in [3.05, 3.63) is 17.4 Å². The third-order valence-corrected chi connectivity index (χ3v) is 4.29. The van der Waals surface area contributed by atoms with E-state index in [1.165, 1.54) is 25.0 Å². The number of hydrogen-bond donors (Lipinski definition) is 1. The van der Waals surface area contributed by atoms with Crippen LogP contribution < -0.4 is 5.32 Å². The van der Waals surface area contributed by atoms with Crippen molar-refractivity contribution < 1.29 is 0 Å². The molecule has 0 saturated heterocycles. The molecule has 1 heterocycles. The molecule has 2 atom stereocenters. The Morgan fingerprint density at radius 1 is 1.44 bits per heavy atom. The Morgan fingerprint density at radius 2 is 2.19 bits per heavy atom. The number of rotatable bonds is 4. The van der Waals surface area contributed by atoms with Crippen molar-refractivity contribution in [2.24, 2.45) is 0 Å². The molecule has 1 aliphatic rings. The van der Waals surface area contributed by atoms with Crippen molar-refractivity contribution in [1.82, 2.24) is 9.97 Å². The van der Waals surface area contributed by atoms with E-state index in [0.717, 1.165) is 0 Å². The van der Waals surface area contributed by atoms with Crippen LogP contribution in [0.2, 0.25) is 5.02 Å². The monoisotopic (exact) mass is 257 g/mol. The molecule has 1 aromatic heterocycles. The molecule has 0 aliphatic heterocycles. The fourth-order valence-corrected chi connectivity index (χ4v) is 3.35. The van der Waals surface area contributed by atoms with Gasteiger partial charge in [-0.25, -0.2) is 9.97 Å². The zero-order valence-corrected chi connectivity index (χ0v) is 10.9. The molecule has 3 nitrogen and oxygen atoms in total. The quantitative estimate of drug-likeness (QED) is 0.899. The largest absolute Gasteiger partial charge is 0.350 e. The first-order valence-corrected chi connectivity index (χ1v) is 7.08. The number of hydrogen-bond acceptors (Lipinski definition) is 4. The maximum absolute atomic E-state index is 5.75. The highest BCUT2D eigenvalue weighted by Crippen LogP contribution is 2.31. The Hall–Kier alpha value is -0.480. The van der Waals surface area contributed by atoms with Gasteiger partial charge in [0.05, 0.1) is 17.4 Å². The van der Waals surface area contributed by atoms with Crippen LogP contribution in [-0.2, 0) is 0 Å². The first-order valence-electron chi connectivity index (χ1n) is 5.65. The molecule has 2 rings (SSSR count). The summed E-state index contributed by atoms with van der Waals surface area (Å²) in [6.45, 7) is 2.21. The molecule has 1 aromatic rings. The van der Waals surface area contributed by atoms with E-state index in [1.54, 1.807) is 12.4 Å². The molecule has 2 unspecified atom stereocenters. The van der Waals surface area contributed by atoms with E-state index in [2.05, 4.69) is 22.2 Å². The topological polar surface area (TPSA) is 37.8 Å². The number of aromatic nitrogens is 2. The minimum atomic E-state index is 0.506. The molecule has 16 heavy (non-hydrogen) atoms. The first-order chi connectivity index (χ1) is 7.79. The normalized spacial score (nSPS) is 24.6. The predicted octanol–water partition coefficient (Wildman–Crippen LogP) is 3.22. The van der Waals surface area contributed by atoms with Crippen molar-refractivity contribution >= 4 is 29.3 Å². The number of thioether (sulfide) groups is 1. The summed E-state index contributed by atoms with van der Waals surface area (Å²) < 4.78 is 0. The number of halogens is 1. The fourth-order valence-electron chi connectivity index (χ4n) is 2.06. The van der Waals surface area contributed by atoms with Crippen molar-refractivity contribution in [3.8, 4) is 0 Å². The van der Waals surface area contributed by atoms with E-state index >= 15 is 0 Å². The van der Waals surface area contributed by atoms with Crippen molar-refractivity contribution in [3.63, 3.8) is 0 Å². The number of anilines is 1. The molecular weight excluding hydrogens is 242 g/mol. The average molecular weight is 258 g/mol. The molecular formula is C11H16ClN3S. The number of nitrogens with one attached hydrogen (secondary N) is 1. The third-order valence-electron chi connectivity index (χ3n) is 2.77. The summed E-state index contributed by atoms with van der Waals surface area (Å²) in [5, 5.41) is 4.68. The lowest BCUT2D eigenvalue weighted by molar-refractivity contribution is 0.756. The van der Waals surface area contributed by atoms with Gasteiger partial charge in [0.15, 0.2) is 0 Å². The van der Waals surface area contributed by atoms with Crippen molar-refractivity contribution in [2.45, 2.75) is 37.5 Å². The molecule has 0 bridgehead atoms. The predicted molar refractivity (Wildman–Crippen MR) is 70.2 cm³/mol. The molecule has 1 N–H and O–H groups in total. The maximum Gasteiger partial charge on any atom is 0.222 e. The Labute approximate surface area is 105 Å². The molecule has 88 valence electrons. The van der Waals surface area contributed by atoms with E-state index in [0.29, 0.717) is 22.3 Å². The highest BCUT2D eigenvalue weighted by atomic mass is 35.5. The van der Waals surface area contributed by atoms with E-state index in [4.69, 9.17) is 11.6 Å².